The van der Waals surface area contributed by atoms with Gasteiger partial charge in [-0.25, -0.2) is 0 Å². The summed E-state index contributed by atoms with van der Waals surface area (Å²) in [5.74, 6) is 0. The second-order valence-electron chi connectivity index (χ2n) is 16.9. The highest BCUT2D eigenvalue weighted by atomic mass is 15.0. The van der Waals surface area contributed by atoms with Gasteiger partial charge in [0.05, 0.1) is 22.1 Å². The fourth-order valence-corrected chi connectivity index (χ4v) is 10.8. The lowest BCUT2D eigenvalue weighted by Gasteiger charge is -2.28. The molecule has 0 amide bonds. The summed E-state index contributed by atoms with van der Waals surface area (Å²) >= 11 is 0. The van der Waals surface area contributed by atoms with Gasteiger partial charge in [-0.3, -0.25) is 0 Å². The van der Waals surface area contributed by atoms with E-state index >= 15 is 0 Å². The third kappa shape index (κ3) is 4.01. The number of hydrogen-bond acceptors (Lipinski definition) is 0. The molecule has 0 spiro atoms. The molecule has 12 rings (SSSR count). The van der Waals surface area contributed by atoms with Crippen molar-refractivity contribution in [1.29, 1.82) is 0 Å². The average Bonchev–Trinajstić information content (AvgIpc) is 3.89. The van der Waals surface area contributed by atoms with E-state index in [1.807, 2.05) is 0 Å². The van der Waals surface area contributed by atoms with E-state index in [9.17, 15) is 0 Å². The number of fused-ring (bicyclic) bond motifs is 13. The molecule has 0 unspecified atom stereocenters. The van der Waals surface area contributed by atoms with E-state index in [-0.39, 0.29) is 10.8 Å². The van der Waals surface area contributed by atoms with Gasteiger partial charge in [-0.2, -0.15) is 0 Å². The van der Waals surface area contributed by atoms with E-state index in [2.05, 4.69) is 207 Å². The predicted octanol–water partition coefficient (Wildman–Crippen LogP) is 14.2. The summed E-state index contributed by atoms with van der Waals surface area (Å²) in [7, 11) is 0. The van der Waals surface area contributed by atoms with Crippen LogP contribution in [-0.2, 0) is 10.8 Å². The van der Waals surface area contributed by atoms with Crippen molar-refractivity contribution in [3.8, 4) is 44.8 Å². The molecule has 2 aliphatic rings. The van der Waals surface area contributed by atoms with Crippen LogP contribution in [0.1, 0.15) is 49.9 Å². The zero-order chi connectivity index (χ0) is 37.5. The molecule has 2 aliphatic carbocycles. The van der Waals surface area contributed by atoms with Gasteiger partial charge in [0.25, 0.3) is 0 Å². The van der Waals surface area contributed by atoms with Gasteiger partial charge >= 0.3 is 0 Å². The summed E-state index contributed by atoms with van der Waals surface area (Å²) in [5.41, 5.74) is 20.6. The van der Waals surface area contributed by atoms with Crippen molar-refractivity contribution in [3.05, 3.63) is 192 Å². The fourth-order valence-electron chi connectivity index (χ4n) is 10.8. The molecule has 0 atom stereocenters. The smallest absolute Gasteiger partial charge is 0.0541 e. The number of rotatable bonds is 3. The Morgan fingerprint density at radius 1 is 0.339 bits per heavy atom. The second-order valence-corrected chi connectivity index (χ2v) is 16.9. The van der Waals surface area contributed by atoms with Crippen molar-refractivity contribution in [3.63, 3.8) is 0 Å². The normalized spacial score (nSPS) is 14.7. The standard InChI is InChI=1S/C54H40N2/c1-53(2)44-28-26-34(55-46-22-12-8-18-36(46)37-19-9-13-23-47(37)55)30-41(44)42-32-40(33-16-6-5-7-17-33)51-50(52(42)53)43-31-35(27-29-45(43)54(51,3)4)56-48-24-14-10-20-38(48)39-21-11-15-25-49(39)56/h5-32H,1-4H3. The Hall–Kier alpha value is -6.64. The third-order valence-corrected chi connectivity index (χ3v) is 13.3. The maximum atomic E-state index is 2.54. The van der Waals surface area contributed by atoms with Crippen LogP contribution in [0.2, 0.25) is 0 Å². The maximum absolute atomic E-state index is 2.54. The number of benzene rings is 8. The lowest BCUT2D eigenvalue weighted by atomic mass is 9.74. The minimum absolute atomic E-state index is 0.205. The van der Waals surface area contributed by atoms with Gasteiger partial charge in [-0.1, -0.05) is 143 Å². The Morgan fingerprint density at radius 3 is 1.21 bits per heavy atom. The molecule has 266 valence electrons. The third-order valence-electron chi connectivity index (χ3n) is 13.3. The Bertz CT molecular complexity index is 3190. The lowest BCUT2D eigenvalue weighted by Crippen LogP contribution is -2.19. The van der Waals surface area contributed by atoms with Crippen molar-refractivity contribution in [2.24, 2.45) is 0 Å². The minimum Gasteiger partial charge on any atom is -0.309 e. The first kappa shape index (κ1) is 31.7. The summed E-state index contributed by atoms with van der Waals surface area (Å²) in [6.07, 6.45) is 0. The van der Waals surface area contributed by atoms with Crippen LogP contribution in [0.4, 0.5) is 0 Å². The van der Waals surface area contributed by atoms with Crippen LogP contribution in [-0.4, -0.2) is 9.13 Å². The molecule has 0 radical (unpaired) electrons. The van der Waals surface area contributed by atoms with Crippen LogP contribution >= 0.6 is 0 Å². The van der Waals surface area contributed by atoms with Crippen LogP contribution in [0.5, 0.6) is 0 Å². The number of hydrogen-bond donors (Lipinski definition) is 0. The van der Waals surface area contributed by atoms with Crippen molar-refractivity contribution < 1.29 is 0 Å². The highest BCUT2D eigenvalue weighted by Crippen LogP contribution is 2.62. The Kier molecular flexibility index (Phi) is 6.22. The molecule has 2 nitrogen and oxygen atoms in total. The van der Waals surface area contributed by atoms with E-state index in [4.69, 9.17) is 0 Å². The minimum atomic E-state index is -0.218. The van der Waals surface area contributed by atoms with Gasteiger partial charge in [-0.15, -0.1) is 0 Å². The molecule has 2 heteroatoms. The van der Waals surface area contributed by atoms with Crippen LogP contribution < -0.4 is 0 Å². The van der Waals surface area contributed by atoms with Crippen molar-refractivity contribution in [2.45, 2.75) is 38.5 Å². The van der Waals surface area contributed by atoms with Gasteiger partial charge < -0.3 is 9.13 Å². The van der Waals surface area contributed by atoms with Crippen LogP contribution in [0, 0.1) is 0 Å². The molecule has 10 aromatic rings. The lowest BCUT2D eigenvalue weighted by molar-refractivity contribution is 0.648. The molecular formula is C54H40N2. The van der Waals surface area contributed by atoms with Crippen LogP contribution in [0.3, 0.4) is 0 Å². The predicted molar refractivity (Wildman–Crippen MR) is 236 cm³/mol. The van der Waals surface area contributed by atoms with E-state index in [0.29, 0.717) is 0 Å². The first-order chi connectivity index (χ1) is 27.3. The highest BCUT2D eigenvalue weighted by Gasteiger charge is 2.46. The van der Waals surface area contributed by atoms with Crippen molar-refractivity contribution >= 4 is 43.6 Å². The van der Waals surface area contributed by atoms with Gasteiger partial charge in [0, 0.05) is 43.7 Å². The van der Waals surface area contributed by atoms with E-state index in [1.54, 1.807) is 0 Å². The van der Waals surface area contributed by atoms with Gasteiger partial charge in [-0.05, 0) is 110 Å². The summed E-state index contributed by atoms with van der Waals surface area (Å²) in [6, 6.07) is 63.4. The molecule has 0 N–H and O–H groups in total. The molecular weight excluding hydrogens is 677 g/mol. The Labute approximate surface area is 326 Å². The molecule has 0 bridgehead atoms. The molecule has 56 heavy (non-hydrogen) atoms. The van der Waals surface area contributed by atoms with Crippen molar-refractivity contribution in [2.75, 3.05) is 0 Å². The second kappa shape index (κ2) is 11.0. The molecule has 0 saturated carbocycles. The SMILES string of the molecule is CC1(C)c2ccc(-n3c4ccccc4c4ccccc43)cc2-c2c1c(-c1ccccc1)cc1c2C(C)(C)c2ccc(-n3c4ccccc4c4ccccc43)cc2-1. The number of aromatic nitrogens is 2. The number of nitrogens with zero attached hydrogens (tertiary/aromatic N) is 2. The van der Waals surface area contributed by atoms with Gasteiger partial charge in [0.15, 0.2) is 0 Å². The fraction of sp³-hybridized carbons (Fsp3) is 0.111. The van der Waals surface area contributed by atoms with E-state index in [1.165, 1.54) is 111 Å². The highest BCUT2D eigenvalue weighted by molar-refractivity contribution is 6.11. The molecule has 0 aliphatic heterocycles. The summed E-state index contributed by atoms with van der Waals surface area (Å²) in [6.45, 7) is 9.77. The number of para-hydroxylation sites is 4. The average molecular weight is 717 g/mol. The maximum Gasteiger partial charge on any atom is 0.0541 e. The van der Waals surface area contributed by atoms with Crippen LogP contribution in [0.25, 0.3) is 88.4 Å². The summed E-state index contributed by atoms with van der Waals surface area (Å²) in [5, 5.41) is 5.14. The first-order valence-corrected chi connectivity index (χ1v) is 19.9. The quantitative estimate of drug-likeness (QED) is 0.172. The topological polar surface area (TPSA) is 9.86 Å². The van der Waals surface area contributed by atoms with Crippen molar-refractivity contribution in [1.82, 2.24) is 9.13 Å². The molecule has 2 heterocycles. The molecule has 0 fully saturated rings. The Morgan fingerprint density at radius 2 is 0.732 bits per heavy atom. The first-order valence-electron chi connectivity index (χ1n) is 19.9. The zero-order valence-electron chi connectivity index (χ0n) is 32.1. The summed E-state index contributed by atoms with van der Waals surface area (Å²) in [4.78, 5) is 0. The van der Waals surface area contributed by atoms with Crippen LogP contribution in [0.15, 0.2) is 170 Å². The largest absolute Gasteiger partial charge is 0.309 e. The van der Waals surface area contributed by atoms with E-state index < -0.39 is 0 Å². The molecule has 8 aromatic carbocycles. The van der Waals surface area contributed by atoms with Gasteiger partial charge in [0.1, 0.15) is 0 Å². The Balaban J connectivity index is 1.16. The molecule has 2 aromatic heterocycles. The van der Waals surface area contributed by atoms with E-state index in [0.717, 1.165) is 0 Å². The monoisotopic (exact) mass is 716 g/mol. The molecule has 0 saturated heterocycles. The van der Waals surface area contributed by atoms with Gasteiger partial charge in [0.2, 0.25) is 0 Å². The summed E-state index contributed by atoms with van der Waals surface area (Å²) < 4.78 is 4.92. The zero-order valence-corrected chi connectivity index (χ0v) is 32.1.